The van der Waals surface area contributed by atoms with E-state index in [1.54, 1.807) is 7.11 Å². The van der Waals surface area contributed by atoms with Gasteiger partial charge >= 0.3 is 0 Å². The first-order valence-corrected chi connectivity index (χ1v) is 7.47. The molecule has 5 nitrogen and oxygen atoms in total. The molecule has 0 spiro atoms. The number of methoxy groups -OCH3 is 1. The molecule has 0 amide bonds. The molecule has 1 unspecified atom stereocenters. The number of fused-ring (bicyclic) bond motifs is 1. The minimum Gasteiger partial charge on any atom is -0.497 e. The molecular weight excluding hydrogens is 272 g/mol. The van der Waals surface area contributed by atoms with Crippen molar-refractivity contribution in [1.82, 2.24) is 0 Å². The Balaban J connectivity index is 1.60. The highest BCUT2D eigenvalue weighted by Crippen LogP contribution is 2.34. The van der Waals surface area contributed by atoms with Gasteiger partial charge in [0.2, 0.25) is 0 Å². The fourth-order valence-electron chi connectivity index (χ4n) is 2.91. The third-order valence-corrected chi connectivity index (χ3v) is 4.10. The van der Waals surface area contributed by atoms with Crippen molar-refractivity contribution in [3.8, 4) is 5.75 Å². The number of aliphatic hydroxyl groups is 1. The lowest BCUT2D eigenvalue weighted by atomic mass is 9.98. The molecule has 5 heteroatoms. The van der Waals surface area contributed by atoms with Gasteiger partial charge in [-0.05, 0) is 31.4 Å². The second kappa shape index (κ2) is 6.75. The fraction of sp³-hybridized carbons (Fsp3) is 0.625. The van der Waals surface area contributed by atoms with Crippen molar-refractivity contribution >= 4 is 0 Å². The Kier molecular flexibility index (Phi) is 4.75. The number of rotatable bonds is 4. The van der Waals surface area contributed by atoms with Crippen molar-refractivity contribution in [3.63, 3.8) is 0 Å². The minimum absolute atomic E-state index is 0.0233. The van der Waals surface area contributed by atoms with Crippen LogP contribution in [-0.2, 0) is 14.2 Å². The summed E-state index contributed by atoms with van der Waals surface area (Å²) in [6, 6.07) is 7.73. The maximum absolute atomic E-state index is 9.00. The second-order valence-electron chi connectivity index (χ2n) is 5.50. The van der Waals surface area contributed by atoms with Crippen LogP contribution in [0.1, 0.15) is 31.1 Å². The van der Waals surface area contributed by atoms with E-state index in [0.717, 1.165) is 24.2 Å². The van der Waals surface area contributed by atoms with Crippen molar-refractivity contribution in [1.29, 1.82) is 0 Å². The zero-order valence-electron chi connectivity index (χ0n) is 12.2. The van der Waals surface area contributed by atoms with Gasteiger partial charge in [0.05, 0.1) is 25.9 Å². The predicted molar refractivity (Wildman–Crippen MR) is 76.2 cm³/mol. The first-order valence-electron chi connectivity index (χ1n) is 7.47. The summed E-state index contributed by atoms with van der Waals surface area (Å²) >= 11 is 0. The molecule has 2 fully saturated rings. The van der Waals surface area contributed by atoms with Crippen LogP contribution < -0.4 is 4.74 Å². The molecule has 0 radical (unpaired) electrons. The lowest BCUT2D eigenvalue weighted by Crippen LogP contribution is -2.47. The zero-order chi connectivity index (χ0) is 14.7. The molecule has 0 saturated carbocycles. The minimum atomic E-state index is -0.338. The van der Waals surface area contributed by atoms with Crippen LogP contribution in [0.3, 0.4) is 0 Å². The topological polar surface area (TPSA) is 57.2 Å². The molecule has 2 aliphatic heterocycles. The van der Waals surface area contributed by atoms with E-state index in [1.807, 2.05) is 24.3 Å². The molecule has 0 aromatic heterocycles. The van der Waals surface area contributed by atoms with E-state index in [9.17, 15) is 0 Å². The molecule has 2 heterocycles. The van der Waals surface area contributed by atoms with Crippen molar-refractivity contribution in [2.75, 3.05) is 20.3 Å². The van der Waals surface area contributed by atoms with Gasteiger partial charge in [0, 0.05) is 12.2 Å². The summed E-state index contributed by atoms with van der Waals surface area (Å²) in [6.07, 6.45) is 2.40. The standard InChI is InChI=1S/C16H22O5/c1-18-12-4-2-11(3-5-12)16-19-10-15-14(21-16)7-6-13(20-15)8-9-17/h2-5,13-17H,6-10H2,1H3/t13-,14-,15+,16?/m0/s1. The fourth-order valence-corrected chi connectivity index (χ4v) is 2.91. The van der Waals surface area contributed by atoms with Crippen LogP contribution in [-0.4, -0.2) is 43.7 Å². The lowest BCUT2D eigenvalue weighted by molar-refractivity contribution is -0.288. The molecule has 1 aromatic carbocycles. The van der Waals surface area contributed by atoms with Gasteiger partial charge in [0.1, 0.15) is 11.9 Å². The van der Waals surface area contributed by atoms with Crippen LogP contribution in [0.15, 0.2) is 24.3 Å². The highest BCUT2D eigenvalue weighted by molar-refractivity contribution is 5.28. The van der Waals surface area contributed by atoms with E-state index < -0.39 is 0 Å². The second-order valence-corrected chi connectivity index (χ2v) is 5.50. The molecule has 1 N–H and O–H groups in total. The first kappa shape index (κ1) is 14.8. The van der Waals surface area contributed by atoms with Gasteiger partial charge in [-0.3, -0.25) is 0 Å². The normalized spacial score (nSPS) is 32.5. The smallest absolute Gasteiger partial charge is 0.184 e. The Bertz CT molecular complexity index is 446. The summed E-state index contributed by atoms with van der Waals surface area (Å²) in [7, 11) is 1.65. The average molecular weight is 294 g/mol. The van der Waals surface area contributed by atoms with Crippen LogP contribution in [0, 0.1) is 0 Å². The number of aliphatic hydroxyl groups excluding tert-OH is 1. The monoisotopic (exact) mass is 294 g/mol. The summed E-state index contributed by atoms with van der Waals surface area (Å²) < 4.78 is 22.9. The molecular formula is C16H22O5. The van der Waals surface area contributed by atoms with Crippen LogP contribution in [0.4, 0.5) is 0 Å². The number of hydrogen-bond donors (Lipinski definition) is 1. The Morgan fingerprint density at radius 3 is 2.67 bits per heavy atom. The third-order valence-electron chi connectivity index (χ3n) is 4.10. The number of ether oxygens (including phenoxy) is 4. The van der Waals surface area contributed by atoms with Crippen LogP contribution >= 0.6 is 0 Å². The summed E-state index contributed by atoms with van der Waals surface area (Å²) in [4.78, 5) is 0. The molecule has 4 atom stereocenters. The lowest BCUT2D eigenvalue weighted by Gasteiger charge is -2.42. The largest absolute Gasteiger partial charge is 0.497 e. The average Bonchev–Trinajstić information content (AvgIpc) is 2.55. The van der Waals surface area contributed by atoms with Gasteiger partial charge in [0.25, 0.3) is 0 Å². The molecule has 2 aliphatic rings. The van der Waals surface area contributed by atoms with Crippen LogP contribution in [0.5, 0.6) is 5.75 Å². The highest BCUT2D eigenvalue weighted by atomic mass is 16.7. The van der Waals surface area contributed by atoms with Crippen molar-refractivity contribution < 1.29 is 24.1 Å². The number of benzene rings is 1. The highest BCUT2D eigenvalue weighted by Gasteiger charge is 2.38. The van der Waals surface area contributed by atoms with E-state index >= 15 is 0 Å². The SMILES string of the molecule is COc1ccc(C2OC[C@H]3O[C@H](CCO)CC[C@@H]3O2)cc1. The summed E-state index contributed by atoms with van der Waals surface area (Å²) in [6.45, 7) is 0.696. The molecule has 21 heavy (non-hydrogen) atoms. The van der Waals surface area contributed by atoms with E-state index in [1.165, 1.54) is 0 Å². The maximum Gasteiger partial charge on any atom is 0.184 e. The summed E-state index contributed by atoms with van der Waals surface area (Å²) in [5, 5.41) is 9.00. The Morgan fingerprint density at radius 1 is 1.14 bits per heavy atom. The molecule has 1 aromatic rings. The first-order chi connectivity index (χ1) is 10.3. The van der Waals surface area contributed by atoms with E-state index in [2.05, 4.69) is 0 Å². The third kappa shape index (κ3) is 3.37. The van der Waals surface area contributed by atoms with Gasteiger partial charge in [-0.1, -0.05) is 12.1 Å². The zero-order valence-corrected chi connectivity index (χ0v) is 12.2. The van der Waals surface area contributed by atoms with E-state index in [4.69, 9.17) is 24.1 Å². The van der Waals surface area contributed by atoms with E-state index in [0.29, 0.717) is 13.0 Å². The molecule has 116 valence electrons. The molecule has 3 rings (SSSR count). The predicted octanol–water partition coefficient (Wildman–Crippen LogP) is 2.04. The van der Waals surface area contributed by atoms with Crippen molar-refractivity contribution in [2.45, 2.75) is 43.9 Å². The van der Waals surface area contributed by atoms with Crippen molar-refractivity contribution in [2.24, 2.45) is 0 Å². The maximum atomic E-state index is 9.00. The number of hydrogen-bond acceptors (Lipinski definition) is 5. The van der Waals surface area contributed by atoms with Gasteiger partial charge < -0.3 is 24.1 Å². The van der Waals surface area contributed by atoms with Gasteiger partial charge in [0.15, 0.2) is 6.29 Å². The molecule has 2 saturated heterocycles. The molecule has 0 aliphatic carbocycles. The van der Waals surface area contributed by atoms with Gasteiger partial charge in [-0.15, -0.1) is 0 Å². The summed E-state index contributed by atoms with van der Waals surface area (Å²) in [5.74, 6) is 0.820. The van der Waals surface area contributed by atoms with Crippen LogP contribution in [0.2, 0.25) is 0 Å². The van der Waals surface area contributed by atoms with Crippen LogP contribution in [0.25, 0.3) is 0 Å². The van der Waals surface area contributed by atoms with Gasteiger partial charge in [-0.25, -0.2) is 0 Å². The Hall–Kier alpha value is -1.14. The quantitative estimate of drug-likeness (QED) is 0.921. The van der Waals surface area contributed by atoms with E-state index in [-0.39, 0.29) is 31.2 Å². The van der Waals surface area contributed by atoms with Crippen molar-refractivity contribution in [3.05, 3.63) is 29.8 Å². The Morgan fingerprint density at radius 2 is 1.95 bits per heavy atom. The van der Waals surface area contributed by atoms with Gasteiger partial charge in [-0.2, -0.15) is 0 Å². The Labute approximate surface area is 124 Å². The summed E-state index contributed by atoms with van der Waals surface area (Å²) in [5.41, 5.74) is 0.992. The molecule has 0 bridgehead atoms.